The van der Waals surface area contributed by atoms with Gasteiger partial charge in [0, 0.05) is 11.1 Å². The van der Waals surface area contributed by atoms with Crippen molar-refractivity contribution in [3.05, 3.63) is 45.2 Å². The summed E-state index contributed by atoms with van der Waals surface area (Å²) in [6, 6.07) is -0.693. The zero-order chi connectivity index (χ0) is 15.0. The molecule has 0 saturated heterocycles. The number of hydrogen-bond donors (Lipinski definition) is 1. The Kier molecular flexibility index (Phi) is 3.94. The quantitative estimate of drug-likeness (QED) is 0.519. The van der Waals surface area contributed by atoms with E-state index in [4.69, 9.17) is 0 Å². The molecule has 8 heteroatoms. The Labute approximate surface area is 115 Å². The van der Waals surface area contributed by atoms with Crippen molar-refractivity contribution in [1.82, 2.24) is 4.98 Å². The molecule has 0 saturated carbocycles. The van der Waals surface area contributed by atoms with Crippen LogP contribution in [0.3, 0.4) is 0 Å². The first-order chi connectivity index (χ1) is 9.32. The molecular formula is C12H9F5N2S. The third-order valence-corrected chi connectivity index (χ3v) is 3.68. The van der Waals surface area contributed by atoms with Gasteiger partial charge in [0.05, 0.1) is 6.04 Å². The van der Waals surface area contributed by atoms with Crippen LogP contribution in [0.25, 0.3) is 0 Å². The lowest BCUT2D eigenvalue weighted by Gasteiger charge is -2.15. The van der Waals surface area contributed by atoms with Gasteiger partial charge in [-0.2, -0.15) is 0 Å². The fraction of sp³-hybridized carbons (Fsp3) is 0.250. The summed E-state index contributed by atoms with van der Waals surface area (Å²) in [5.41, 5.74) is -1.05. The van der Waals surface area contributed by atoms with Crippen LogP contribution in [0.2, 0.25) is 0 Å². The van der Waals surface area contributed by atoms with Crippen molar-refractivity contribution >= 4 is 17.0 Å². The number of nitrogens with one attached hydrogen (secondary N) is 1. The van der Waals surface area contributed by atoms with Gasteiger partial charge in [0.15, 0.2) is 23.3 Å². The van der Waals surface area contributed by atoms with E-state index < -0.39 is 40.8 Å². The molecule has 2 nitrogen and oxygen atoms in total. The molecule has 1 atom stereocenters. The highest BCUT2D eigenvalue weighted by Gasteiger charge is 2.27. The maximum absolute atomic E-state index is 13.5. The summed E-state index contributed by atoms with van der Waals surface area (Å²) in [4.78, 5) is 4.85. The molecule has 1 unspecified atom stereocenters. The summed E-state index contributed by atoms with van der Waals surface area (Å²) < 4.78 is 66.0. The maximum atomic E-state index is 13.5. The van der Waals surface area contributed by atoms with Crippen LogP contribution in [0.4, 0.5) is 27.6 Å². The Balaban J connectivity index is 2.39. The maximum Gasteiger partial charge on any atom is 0.200 e. The van der Waals surface area contributed by atoms with Crippen LogP contribution in [0.15, 0.2) is 6.20 Å². The molecule has 0 aliphatic heterocycles. The first-order valence-electron chi connectivity index (χ1n) is 5.53. The molecule has 0 spiro atoms. The average molecular weight is 308 g/mol. The van der Waals surface area contributed by atoms with Crippen LogP contribution >= 0.6 is 11.3 Å². The Morgan fingerprint density at radius 3 is 1.95 bits per heavy atom. The molecule has 2 rings (SSSR count). The van der Waals surface area contributed by atoms with E-state index in [2.05, 4.69) is 10.3 Å². The van der Waals surface area contributed by atoms with Gasteiger partial charge in [-0.1, -0.05) is 0 Å². The monoisotopic (exact) mass is 308 g/mol. The summed E-state index contributed by atoms with van der Waals surface area (Å²) >= 11 is 1.26. The minimum Gasteiger partial charge on any atom is -0.371 e. The van der Waals surface area contributed by atoms with Crippen LogP contribution in [-0.2, 0) is 0 Å². The molecule has 1 aromatic heterocycles. The standard InChI is InChI=1S/C12H9F5N2S/c1-4-3-18-12(20-4)5(2)19-11-9(16)7(14)6(13)8(15)10(11)17/h3,5,19H,1-2H3. The van der Waals surface area contributed by atoms with Crippen LogP contribution in [0.5, 0.6) is 0 Å². The molecule has 0 amide bonds. The van der Waals surface area contributed by atoms with Crippen molar-refractivity contribution < 1.29 is 22.0 Å². The third kappa shape index (κ3) is 2.47. The number of rotatable bonds is 3. The largest absolute Gasteiger partial charge is 0.371 e. The van der Waals surface area contributed by atoms with Crippen LogP contribution in [0, 0.1) is 36.0 Å². The Bertz CT molecular complexity index is 627. The number of benzene rings is 1. The number of anilines is 1. The lowest BCUT2D eigenvalue weighted by molar-refractivity contribution is 0.381. The number of thiazole rings is 1. The van der Waals surface area contributed by atoms with E-state index in [1.165, 1.54) is 18.3 Å². The second kappa shape index (κ2) is 5.35. The Hall–Kier alpha value is -1.70. The number of hydrogen-bond acceptors (Lipinski definition) is 3. The Morgan fingerprint density at radius 1 is 1.00 bits per heavy atom. The molecular weight excluding hydrogens is 299 g/mol. The zero-order valence-corrected chi connectivity index (χ0v) is 11.2. The SMILES string of the molecule is Cc1cnc(C(C)Nc2c(F)c(F)c(F)c(F)c2F)s1. The summed E-state index contributed by atoms with van der Waals surface area (Å²) in [6.45, 7) is 3.29. The van der Waals surface area contributed by atoms with Gasteiger partial charge >= 0.3 is 0 Å². The number of aromatic nitrogens is 1. The number of aryl methyl sites for hydroxylation is 1. The number of halogens is 5. The van der Waals surface area contributed by atoms with Crippen LogP contribution in [-0.4, -0.2) is 4.98 Å². The summed E-state index contributed by atoms with van der Waals surface area (Å²) in [7, 11) is 0. The molecule has 2 aromatic rings. The van der Waals surface area contributed by atoms with E-state index in [1.54, 1.807) is 13.1 Å². The smallest absolute Gasteiger partial charge is 0.200 e. The molecule has 20 heavy (non-hydrogen) atoms. The molecule has 1 aromatic carbocycles. The van der Waals surface area contributed by atoms with Gasteiger partial charge in [0.25, 0.3) is 0 Å². The molecule has 108 valence electrons. The normalized spacial score (nSPS) is 12.6. The fourth-order valence-corrected chi connectivity index (χ4v) is 2.36. The van der Waals surface area contributed by atoms with Crippen molar-refractivity contribution in [3.8, 4) is 0 Å². The lowest BCUT2D eigenvalue weighted by atomic mass is 10.2. The van der Waals surface area contributed by atoms with Crippen molar-refractivity contribution in [1.29, 1.82) is 0 Å². The second-order valence-corrected chi connectivity index (χ2v) is 5.39. The highest BCUT2D eigenvalue weighted by atomic mass is 32.1. The predicted octanol–water partition coefficient (Wildman–Crippen LogP) is 4.32. The van der Waals surface area contributed by atoms with Gasteiger partial charge in [-0.15, -0.1) is 11.3 Å². The summed E-state index contributed by atoms with van der Waals surface area (Å²) in [5, 5.41) is 2.75. The Morgan fingerprint density at radius 2 is 1.50 bits per heavy atom. The molecule has 0 radical (unpaired) electrons. The highest BCUT2D eigenvalue weighted by molar-refractivity contribution is 7.11. The van der Waals surface area contributed by atoms with Gasteiger partial charge in [-0.05, 0) is 13.8 Å². The average Bonchev–Trinajstić information content (AvgIpc) is 2.85. The van der Waals surface area contributed by atoms with E-state index in [9.17, 15) is 22.0 Å². The molecule has 0 bridgehead atoms. The van der Waals surface area contributed by atoms with E-state index >= 15 is 0 Å². The topological polar surface area (TPSA) is 24.9 Å². The molecule has 1 N–H and O–H groups in total. The summed E-state index contributed by atoms with van der Waals surface area (Å²) in [6.07, 6.45) is 1.55. The lowest BCUT2D eigenvalue weighted by Crippen LogP contribution is -2.13. The van der Waals surface area contributed by atoms with E-state index in [1.807, 2.05) is 0 Å². The van der Waals surface area contributed by atoms with E-state index in [-0.39, 0.29) is 0 Å². The van der Waals surface area contributed by atoms with Crippen molar-refractivity contribution in [2.75, 3.05) is 5.32 Å². The van der Waals surface area contributed by atoms with Gasteiger partial charge in [-0.25, -0.2) is 26.9 Å². The minimum absolute atomic E-state index is 0.478. The van der Waals surface area contributed by atoms with Crippen molar-refractivity contribution in [3.63, 3.8) is 0 Å². The second-order valence-electron chi connectivity index (χ2n) is 4.12. The molecule has 0 aliphatic rings. The first-order valence-corrected chi connectivity index (χ1v) is 6.34. The van der Waals surface area contributed by atoms with E-state index in [0.717, 1.165) is 4.88 Å². The van der Waals surface area contributed by atoms with E-state index in [0.29, 0.717) is 5.01 Å². The molecule has 0 aliphatic carbocycles. The minimum atomic E-state index is -2.18. The van der Waals surface area contributed by atoms with Crippen LogP contribution in [0.1, 0.15) is 22.9 Å². The third-order valence-electron chi connectivity index (χ3n) is 2.58. The predicted molar refractivity (Wildman–Crippen MR) is 65.1 cm³/mol. The molecule has 1 heterocycles. The highest BCUT2D eigenvalue weighted by Crippen LogP contribution is 2.30. The van der Waals surface area contributed by atoms with Gasteiger partial charge < -0.3 is 5.32 Å². The zero-order valence-electron chi connectivity index (χ0n) is 10.4. The van der Waals surface area contributed by atoms with Crippen molar-refractivity contribution in [2.24, 2.45) is 0 Å². The number of nitrogens with zero attached hydrogens (tertiary/aromatic N) is 1. The van der Waals surface area contributed by atoms with Gasteiger partial charge in [-0.3, -0.25) is 0 Å². The first kappa shape index (κ1) is 14.7. The summed E-state index contributed by atoms with van der Waals surface area (Å²) in [5.74, 6) is -9.91. The van der Waals surface area contributed by atoms with Gasteiger partial charge in [0.1, 0.15) is 10.7 Å². The van der Waals surface area contributed by atoms with Crippen LogP contribution < -0.4 is 5.32 Å². The fourth-order valence-electron chi connectivity index (χ4n) is 1.58. The van der Waals surface area contributed by atoms with Gasteiger partial charge in [0.2, 0.25) is 5.82 Å². The molecule has 0 fully saturated rings. The van der Waals surface area contributed by atoms with Crippen molar-refractivity contribution in [2.45, 2.75) is 19.9 Å².